The van der Waals surface area contributed by atoms with Crippen molar-refractivity contribution in [2.24, 2.45) is 0 Å². The van der Waals surface area contributed by atoms with Gasteiger partial charge in [0.2, 0.25) is 10.0 Å². The number of sulfonamides is 1. The van der Waals surface area contributed by atoms with Crippen LogP contribution in [0.4, 0.5) is 0 Å². The number of fused-ring (bicyclic) bond motifs is 1. The lowest BCUT2D eigenvalue weighted by Crippen LogP contribution is -2.41. The molecule has 1 heterocycles. The van der Waals surface area contributed by atoms with Crippen LogP contribution in [0.2, 0.25) is 0 Å². The van der Waals surface area contributed by atoms with E-state index in [4.69, 9.17) is 0 Å². The molecule has 0 saturated carbocycles. The number of nitrogens with one attached hydrogen (secondary N) is 1. The Bertz CT molecular complexity index is 791. The molecule has 1 N–H and O–H groups in total. The first-order valence-electron chi connectivity index (χ1n) is 7.73. The summed E-state index contributed by atoms with van der Waals surface area (Å²) in [6.45, 7) is 6.06. The zero-order chi connectivity index (χ0) is 15.7. The average molecular weight is 391 g/mol. The van der Waals surface area contributed by atoms with E-state index in [2.05, 4.69) is 5.32 Å². The van der Waals surface area contributed by atoms with Gasteiger partial charge in [-0.25, -0.2) is 8.42 Å². The van der Waals surface area contributed by atoms with Crippen molar-refractivity contribution in [3.63, 3.8) is 0 Å². The molecule has 0 aromatic heterocycles. The molecule has 1 atom stereocenters. The Labute approximate surface area is 156 Å². The van der Waals surface area contributed by atoms with Gasteiger partial charge in [-0.2, -0.15) is 4.31 Å². The first kappa shape index (κ1) is 21.2. The third-order valence-corrected chi connectivity index (χ3v) is 6.38. The van der Waals surface area contributed by atoms with Gasteiger partial charge in [0.1, 0.15) is 0 Å². The van der Waals surface area contributed by atoms with E-state index in [0.717, 1.165) is 29.3 Å². The van der Waals surface area contributed by atoms with Gasteiger partial charge in [0.25, 0.3) is 0 Å². The fourth-order valence-corrected chi connectivity index (χ4v) is 5.14. The van der Waals surface area contributed by atoms with Crippen LogP contribution in [0.15, 0.2) is 41.3 Å². The summed E-state index contributed by atoms with van der Waals surface area (Å²) in [5.74, 6) is 0. The number of hydrogen-bond donors (Lipinski definition) is 1. The smallest absolute Gasteiger partial charge is 0.243 e. The van der Waals surface area contributed by atoms with Crippen LogP contribution in [0.5, 0.6) is 0 Å². The molecule has 1 aliphatic heterocycles. The summed E-state index contributed by atoms with van der Waals surface area (Å²) in [6, 6.07) is 11.4. The SMILES string of the molecule is Cc1cccc2cccc(S(=O)(=O)N3CCCNCC3C)c12.Cl.Cl. The maximum Gasteiger partial charge on any atom is 0.243 e. The number of nitrogens with zero attached hydrogens (tertiary/aromatic N) is 1. The molecule has 1 fully saturated rings. The predicted molar refractivity (Wildman–Crippen MR) is 104 cm³/mol. The molecular formula is C17H24Cl2N2O2S. The van der Waals surface area contributed by atoms with Crippen LogP contribution in [0.3, 0.4) is 0 Å². The van der Waals surface area contributed by atoms with Crippen LogP contribution >= 0.6 is 24.8 Å². The number of halogens is 2. The Morgan fingerprint density at radius 2 is 1.79 bits per heavy atom. The Kier molecular flexibility index (Phi) is 7.50. The number of rotatable bonds is 2. The van der Waals surface area contributed by atoms with Crippen molar-refractivity contribution in [1.82, 2.24) is 9.62 Å². The molecule has 24 heavy (non-hydrogen) atoms. The lowest BCUT2D eigenvalue weighted by Gasteiger charge is -2.26. The van der Waals surface area contributed by atoms with E-state index in [-0.39, 0.29) is 30.9 Å². The molecule has 0 aliphatic carbocycles. The Hall–Kier alpha value is -0.850. The van der Waals surface area contributed by atoms with Gasteiger partial charge >= 0.3 is 0 Å². The molecule has 0 amide bonds. The summed E-state index contributed by atoms with van der Waals surface area (Å²) in [7, 11) is -3.49. The van der Waals surface area contributed by atoms with Gasteiger partial charge in [-0.15, -0.1) is 24.8 Å². The van der Waals surface area contributed by atoms with Crippen LogP contribution in [-0.4, -0.2) is 38.4 Å². The highest BCUT2D eigenvalue weighted by Crippen LogP contribution is 2.29. The molecule has 0 bridgehead atoms. The van der Waals surface area contributed by atoms with Gasteiger partial charge in [0, 0.05) is 24.5 Å². The third-order valence-electron chi connectivity index (χ3n) is 4.32. The molecule has 4 nitrogen and oxygen atoms in total. The fraction of sp³-hybridized carbons (Fsp3) is 0.412. The summed E-state index contributed by atoms with van der Waals surface area (Å²) in [4.78, 5) is 0.428. The molecular weight excluding hydrogens is 367 g/mol. The van der Waals surface area contributed by atoms with Crippen LogP contribution < -0.4 is 5.32 Å². The first-order valence-corrected chi connectivity index (χ1v) is 9.17. The quantitative estimate of drug-likeness (QED) is 0.854. The van der Waals surface area contributed by atoms with Gasteiger partial charge in [-0.05, 0) is 43.8 Å². The molecule has 0 spiro atoms. The van der Waals surface area contributed by atoms with E-state index in [1.807, 2.05) is 44.2 Å². The highest BCUT2D eigenvalue weighted by Gasteiger charge is 2.31. The standard InChI is InChI=1S/C17H22N2O2S.2ClH/c1-13-6-3-7-15-8-4-9-16(17(13)15)22(20,21)19-11-5-10-18-12-14(19)2;;/h3-4,6-9,14,18H,5,10-12H2,1-2H3;2*1H. The lowest BCUT2D eigenvalue weighted by atomic mass is 10.1. The second-order valence-electron chi connectivity index (χ2n) is 5.95. The summed E-state index contributed by atoms with van der Waals surface area (Å²) >= 11 is 0. The second kappa shape index (κ2) is 8.50. The van der Waals surface area contributed by atoms with E-state index >= 15 is 0 Å². The van der Waals surface area contributed by atoms with Crippen LogP contribution in [0.1, 0.15) is 18.9 Å². The van der Waals surface area contributed by atoms with Gasteiger partial charge in [-0.3, -0.25) is 0 Å². The van der Waals surface area contributed by atoms with Gasteiger partial charge in [0.15, 0.2) is 0 Å². The Balaban J connectivity index is 0.00000144. The van der Waals surface area contributed by atoms with Crippen LogP contribution in [0, 0.1) is 6.92 Å². The zero-order valence-corrected chi connectivity index (χ0v) is 16.3. The summed E-state index contributed by atoms with van der Waals surface area (Å²) in [6.07, 6.45) is 0.841. The minimum absolute atomic E-state index is 0. The lowest BCUT2D eigenvalue weighted by molar-refractivity contribution is 0.354. The molecule has 1 unspecified atom stereocenters. The highest BCUT2D eigenvalue weighted by atomic mass is 35.5. The maximum absolute atomic E-state index is 13.2. The van der Waals surface area contributed by atoms with Crippen molar-refractivity contribution < 1.29 is 8.42 Å². The van der Waals surface area contributed by atoms with Gasteiger partial charge < -0.3 is 5.32 Å². The van der Waals surface area contributed by atoms with Gasteiger partial charge in [-0.1, -0.05) is 30.3 Å². The van der Waals surface area contributed by atoms with Gasteiger partial charge in [0.05, 0.1) is 4.90 Å². The average Bonchev–Trinajstić information content (AvgIpc) is 2.72. The monoisotopic (exact) mass is 390 g/mol. The van der Waals surface area contributed by atoms with E-state index in [9.17, 15) is 8.42 Å². The minimum Gasteiger partial charge on any atom is -0.315 e. The molecule has 1 saturated heterocycles. The van der Waals surface area contributed by atoms with E-state index in [1.54, 1.807) is 10.4 Å². The van der Waals surface area contributed by atoms with E-state index in [1.165, 1.54) is 0 Å². The largest absolute Gasteiger partial charge is 0.315 e. The molecule has 2 aromatic rings. The van der Waals surface area contributed by atoms with E-state index in [0.29, 0.717) is 18.0 Å². The second-order valence-corrected chi connectivity index (χ2v) is 7.81. The van der Waals surface area contributed by atoms with Crippen LogP contribution in [0.25, 0.3) is 10.8 Å². The van der Waals surface area contributed by atoms with Crippen molar-refractivity contribution in [2.45, 2.75) is 31.2 Å². The van der Waals surface area contributed by atoms with Crippen molar-refractivity contribution in [3.8, 4) is 0 Å². The van der Waals surface area contributed by atoms with Crippen molar-refractivity contribution in [2.75, 3.05) is 19.6 Å². The zero-order valence-electron chi connectivity index (χ0n) is 13.9. The number of aryl methyl sites for hydroxylation is 1. The fourth-order valence-electron chi connectivity index (χ4n) is 3.18. The molecule has 3 rings (SSSR count). The Morgan fingerprint density at radius 1 is 1.12 bits per heavy atom. The number of benzene rings is 2. The maximum atomic E-state index is 13.2. The molecule has 7 heteroatoms. The molecule has 134 valence electrons. The summed E-state index contributed by atoms with van der Waals surface area (Å²) in [5, 5.41) is 5.11. The Morgan fingerprint density at radius 3 is 2.50 bits per heavy atom. The predicted octanol–water partition coefficient (Wildman–Crippen LogP) is 3.36. The van der Waals surface area contributed by atoms with E-state index < -0.39 is 10.0 Å². The highest BCUT2D eigenvalue weighted by molar-refractivity contribution is 7.89. The normalized spacial score (nSPS) is 19.2. The van der Waals surface area contributed by atoms with Crippen molar-refractivity contribution >= 4 is 45.6 Å². The third kappa shape index (κ3) is 3.86. The summed E-state index contributed by atoms with van der Waals surface area (Å²) in [5.41, 5.74) is 0.997. The first-order chi connectivity index (χ1) is 10.5. The number of hydrogen-bond acceptors (Lipinski definition) is 3. The molecule has 1 aliphatic rings. The summed E-state index contributed by atoms with van der Waals surface area (Å²) < 4.78 is 28.1. The van der Waals surface area contributed by atoms with Crippen molar-refractivity contribution in [1.29, 1.82) is 0 Å². The topological polar surface area (TPSA) is 49.4 Å². The molecule has 0 radical (unpaired) electrons. The minimum atomic E-state index is -3.49. The molecule has 2 aromatic carbocycles. The van der Waals surface area contributed by atoms with Crippen molar-refractivity contribution in [3.05, 3.63) is 42.0 Å². The van der Waals surface area contributed by atoms with Crippen LogP contribution in [-0.2, 0) is 10.0 Å².